The SMILES string of the molecule is CCNC(=O)N1CCC2(CCn3nc(-c4cnc5ccc(C(=O)O)cc5c4)cc32)C1. The number of rotatable bonds is 3. The number of likely N-dealkylation sites (tertiary alicyclic amines) is 1. The Morgan fingerprint density at radius 3 is 2.83 bits per heavy atom. The molecule has 0 saturated carbocycles. The van der Waals surface area contributed by atoms with E-state index in [1.165, 1.54) is 5.69 Å². The van der Waals surface area contributed by atoms with Crippen molar-refractivity contribution < 1.29 is 14.7 Å². The molecule has 4 heterocycles. The van der Waals surface area contributed by atoms with E-state index in [2.05, 4.69) is 21.0 Å². The highest BCUT2D eigenvalue weighted by molar-refractivity contribution is 5.94. The standard InChI is InChI=1S/C22H23N5O3/c1-2-23-21(30)26-7-5-22(13-26)6-8-27-19(22)11-18(25-27)16-10-15-9-14(20(28)29)3-4-17(15)24-12-16/h3-4,9-12H,2,5-8,13H2,1H3,(H,23,30)(H,28,29). The zero-order chi connectivity index (χ0) is 20.9. The second-order valence-electron chi connectivity index (χ2n) is 8.11. The van der Waals surface area contributed by atoms with Gasteiger partial charge in [0.05, 0.1) is 16.8 Å². The van der Waals surface area contributed by atoms with E-state index < -0.39 is 5.97 Å². The molecule has 0 bridgehead atoms. The summed E-state index contributed by atoms with van der Waals surface area (Å²) in [6, 6.07) is 8.97. The quantitative estimate of drug-likeness (QED) is 0.698. The summed E-state index contributed by atoms with van der Waals surface area (Å²) in [6.45, 7) is 4.85. The molecule has 2 aromatic heterocycles. The summed E-state index contributed by atoms with van der Waals surface area (Å²) in [6.07, 6.45) is 3.71. The number of pyridine rings is 1. The molecule has 1 unspecified atom stereocenters. The van der Waals surface area contributed by atoms with Gasteiger partial charge in [0.25, 0.3) is 0 Å². The Morgan fingerprint density at radius 2 is 2.03 bits per heavy atom. The molecular formula is C22H23N5O3. The van der Waals surface area contributed by atoms with Gasteiger partial charge in [-0.1, -0.05) is 0 Å². The number of aromatic nitrogens is 3. The zero-order valence-corrected chi connectivity index (χ0v) is 16.8. The Labute approximate surface area is 173 Å². The van der Waals surface area contributed by atoms with Crippen molar-refractivity contribution >= 4 is 22.9 Å². The Morgan fingerprint density at radius 1 is 1.20 bits per heavy atom. The second-order valence-corrected chi connectivity index (χ2v) is 8.11. The third-order valence-corrected chi connectivity index (χ3v) is 6.32. The van der Waals surface area contributed by atoms with Crippen LogP contribution in [0.2, 0.25) is 0 Å². The summed E-state index contributed by atoms with van der Waals surface area (Å²) in [5.41, 5.74) is 3.81. The number of hydrogen-bond donors (Lipinski definition) is 2. The third-order valence-electron chi connectivity index (χ3n) is 6.32. The number of carboxylic acid groups (broad SMARTS) is 1. The number of aromatic carboxylic acids is 1. The molecule has 5 rings (SSSR count). The van der Waals surface area contributed by atoms with Crippen LogP contribution in [0.1, 0.15) is 35.8 Å². The molecular weight excluding hydrogens is 382 g/mol. The Kier molecular flexibility index (Phi) is 4.23. The van der Waals surface area contributed by atoms with Crippen molar-refractivity contribution in [1.29, 1.82) is 0 Å². The first-order chi connectivity index (χ1) is 14.5. The maximum absolute atomic E-state index is 12.3. The number of aryl methyl sites for hydroxylation is 1. The number of fused-ring (bicyclic) bond motifs is 3. The molecule has 1 aromatic carbocycles. The van der Waals surface area contributed by atoms with E-state index in [-0.39, 0.29) is 17.0 Å². The van der Waals surface area contributed by atoms with Gasteiger partial charge in [-0.15, -0.1) is 0 Å². The molecule has 154 valence electrons. The van der Waals surface area contributed by atoms with Crippen molar-refractivity contribution in [2.45, 2.75) is 31.7 Å². The van der Waals surface area contributed by atoms with Crippen LogP contribution in [-0.4, -0.2) is 56.4 Å². The number of nitrogens with zero attached hydrogens (tertiary/aromatic N) is 4. The average molecular weight is 405 g/mol. The van der Waals surface area contributed by atoms with Crippen LogP contribution in [0.15, 0.2) is 36.5 Å². The van der Waals surface area contributed by atoms with Crippen molar-refractivity contribution in [2.75, 3.05) is 19.6 Å². The highest BCUT2D eigenvalue weighted by Crippen LogP contribution is 2.43. The molecule has 1 saturated heterocycles. The first kappa shape index (κ1) is 18.6. The predicted octanol–water partition coefficient (Wildman–Crippen LogP) is 2.87. The van der Waals surface area contributed by atoms with E-state index in [1.807, 2.05) is 17.9 Å². The highest BCUT2D eigenvalue weighted by atomic mass is 16.4. The van der Waals surface area contributed by atoms with Crippen molar-refractivity contribution in [3.63, 3.8) is 0 Å². The van der Waals surface area contributed by atoms with E-state index >= 15 is 0 Å². The van der Waals surface area contributed by atoms with Crippen molar-refractivity contribution in [2.24, 2.45) is 0 Å². The Hall–Kier alpha value is -3.42. The summed E-state index contributed by atoms with van der Waals surface area (Å²) in [5.74, 6) is -0.955. The first-order valence-electron chi connectivity index (χ1n) is 10.2. The Balaban J connectivity index is 1.47. The Bertz CT molecular complexity index is 1170. The average Bonchev–Trinajstić information content (AvgIpc) is 3.44. The number of urea groups is 1. The maximum atomic E-state index is 12.3. The lowest BCUT2D eigenvalue weighted by Gasteiger charge is -2.23. The van der Waals surface area contributed by atoms with Crippen LogP contribution in [0.5, 0.6) is 0 Å². The van der Waals surface area contributed by atoms with Crippen molar-refractivity contribution in [3.05, 3.63) is 47.8 Å². The fraction of sp³-hybridized carbons (Fsp3) is 0.364. The fourth-order valence-electron chi connectivity index (χ4n) is 4.73. The van der Waals surface area contributed by atoms with Crippen LogP contribution < -0.4 is 5.32 Å². The number of benzene rings is 1. The van der Waals surface area contributed by atoms with Gasteiger partial charge in [-0.05, 0) is 50.1 Å². The van der Waals surface area contributed by atoms with Gasteiger partial charge in [-0.25, -0.2) is 9.59 Å². The van der Waals surface area contributed by atoms with E-state index in [9.17, 15) is 14.7 Å². The van der Waals surface area contributed by atoms with E-state index in [0.717, 1.165) is 48.1 Å². The number of amides is 2. The normalized spacial score (nSPS) is 20.1. The summed E-state index contributed by atoms with van der Waals surface area (Å²) < 4.78 is 2.05. The number of carbonyl (C=O) groups is 2. The zero-order valence-electron chi connectivity index (χ0n) is 16.8. The minimum Gasteiger partial charge on any atom is -0.478 e. The summed E-state index contributed by atoms with van der Waals surface area (Å²) in [4.78, 5) is 29.9. The number of nitrogens with one attached hydrogen (secondary N) is 1. The van der Waals surface area contributed by atoms with Crippen LogP contribution in [0.25, 0.3) is 22.2 Å². The molecule has 0 aliphatic carbocycles. The minimum absolute atomic E-state index is 0.000489. The molecule has 2 amide bonds. The summed E-state index contributed by atoms with van der Waals surface area (Å²) >= 11 is 0. The molecule has 30 heavy (non-hydrogen) atoms. The molecule has 8 nitrogen and oxygen atoms in total. The van der Waals surface area contributed by atoms with E-state index in [4.69, 9.17) is 5.10 Å². The number of carboxylic acids is 1. The van der Waals surface area contributed by atoms with Crippen LogP contribution in [0.3, 0.4) is 0 Å². The van der Waals surface area contributed by atoms with Gasteiger partial charge in [-0.2, -0.15) is 5.10 Å². The summed E-state index contributed by atoms with van der Waals surface area (Å²) in [5, 5.41) is 17.7. The van der Waals surface area contributed by atoms with Gasteiger partial charge in [0, 0.05) is 54.4 Å². The van der Waals surface area contributed by atoms with E-state index in [1.54, 1.807) is 24.4 Å². The van der Waals surface area contributed by atoms with E-state index in [0.29, 0.717) is 13.1 Å². The first-order valence-corrected chi connectivity index (χ1v) is 10.2. The van der Waals surface area contributed by atoms with Gasteiger partial charge in [0.2, 0.25) is 0 Å². The minimum atomic E-state index is -0.955. The molecule has 1 atom stereocenters. The molecule has 1 fully saturated rings. The predicted molar refractivity (Wildman–Crippen MR) is 111 cm³/mol. The molecule has 0 radical (unpaired) electrons. The van der Waals surface area contributed by atoms with Crippen LogP contribution in [0.4, 0.5) is 4.79 Å². The van der Waals surface area contributed by atoms with Crippen molar-refractivity contribution in [1.82, 2.24) is 25.0 Å². The van der Waals surface area contributed by atoms with Gasteiger partial charge in [0.1, 0.15) is 0 Å². The third kappa shape index (κ3) is 2.91. The smallest absolute Gasteiger partial charge is 0.335 e. The summed E-state index contributed by atoms with van der Waals surface area (Å²) in [7, 11) is 0. The lowest BCUT2D eigenvalue weighted by atomic mass is 9.82. The second kappa shape index (κ2) is 6.83. The largest absolute Gasteiger partial charge is 0.478 e. The molecule has 3 aromatic rings. The van der Waals surface area contributed by atoms with Gasteiger partial charge < -0.3 is 15.3 Å². The van der Waals surface area contributed by atoms with Crippen LogP contribution in [-0.2, 0) is 12.0 Å². The highest BCUT2D eigenvalue weighted by Gasteiger charge is 2.46. The molecule has 1 spiro atoms. The monoisotopic (exact) mass is 405 g/mol. The van der Waals surface area contributed by atoms with Gasteiger partial charge in [0.15, 0.2) is 0 Å². The van der Waals surface area contributed by atoms with Crippen molar-refractivity contribution in [3.8, 4) is 11.3 Å². The fourth-order valence-corrected chi connectivity index (χ4v) is 4.73. The molecule has 2 aliphatic rings. The molecule has 2 N–H and O–H groups in total. The van der Waals surface area contributed by atoms with Crippen LogP contribution in [0, 0.1) is 0 Å². The lowest BCUT2D eigenvalue weighted by Crippen LogP contribution is -2.40. The molecule has 8 heteroatoms. The van der Waals surface area contributed by atoms with Gasteiger partial charge in [-0.3, -0.25) is 9.67 Å². The lowest BCUT2D eigenvalue weighted by molar-refractivity contribution is 0.0697. The number of carbonyl (C=O) groups excluding carboxylic acids is 1. The molecule has 2 aliphatic heterocycles. The number of hydrogen-bond acceptors (Lipinski definition) is 4. The van der Waals surface area contributed by atoms with Crippen LogP contribution >= 0.6 is 0 Å². The van der Waals surface area contributed by atoms with Gasteiger partial charge >= 0.3 is 12.0 Å². The topological polar surface area (TPSA) is 100 Å². The maximum Gasteiger partial charge on any atom is 0.335 e.